The smallest absolute Gasteiger partial charge is 0.340 e. The van der Waals surface area contributed by atoms with Crippen molar-refractivity contribution in [2.24, 2.45) is 5.41 Å². The molecule has 37 heavy (non-hydrogen) atoms. The molecule has 13 heteroatoms. The number of hydrogen-bond acceptors (Lipinski definition) is 11. The second-order valence-corrected chi connectivity index (χ2v) is 10.5. The number of aromatic hydroxyl groups is 2. The quantitative estimate of drug-likeness (QED) is 0.179. The third-order valence-corrected chi connectivity index (χ3v) is 7.17. The molecule has 3 aromatic rings. The number of rotatable bonds is 6. The van der Waals surface area contributed by atoms with Crippen LogP contribution in [0, 0.1) is 12.3 Å². The van der Waals surface area contributed by atoms with Gasteiger partial charge >= 0.3 is 17.9 Å². The summed E-state index contributed by atoms with van der Waals surface area (Å²) in [5.74, 6) is -3.97. The maximum Gasteiger partial charge on any atom is 0.340 e. The number of phenolic OH excluding ortho intramolecular Hbond substituents is 2. The molecule has 0 saturated carbocycles. The van der Waals surface area contributed by atoms with E-state index in [0.29, 0.717) is 11.8 Å². The number of thioether (sulfide) groups is 1. The lowest BCUT2D eigenvalue weighted by atomic mass is 9.98. The predicted octanol–water partition coefficient (Wildman–Crippen LogP) is 4.94. The highest BCUT2D eigenvalue weighted by Gasteiger charge is 2.28. The number of benzene rings is 2. The van der Waals surface area contributed by atoms with Crippen LogP contribution in [0.5, 0.6) is 11.5 Å². The molecule has 0 aliphatic heterocycles. The van der Waals surface area contributed by atoms with Crippen molar-refractivity contribution in [2.45, 2.75) is 32.6 Å². The summed E-state index contributed by atoms with van der Waals surface area (Å²) >= 11 is 13.1. The van der Waals surface area contributed by atoms with Gasteiger partial charge in [0.05, 0.1) is 44.2 Å². The molecule has 0 aliphatic carbocycles. The Kier molecular flexibility index (Phi) is 8.21. The topological polar surface area (TPSA) is 150 Å². The van der Waals surface area contributed by atoms with Gasteiger partial charge in [-0.1, -0.05) is 23.2 Å². The Morgan fingerprint density at radius 2 is 1.73 bits per heavy atom. The van der Waals surface area contributed by atoms with Crippen LogP contribution in [0.2, 0.25) is 10.0 Å². The standard InChI is InChI=1S/C24H22Cl2O10S/c1-9-16(25)19(30)15-18(29)13-11(36-20(15)17(9)26)6-10(27)21(14(13)22(31)33-5)37-7-12(28)34-8-35-23(32)24(2,3)4/h6,27,30H,7-8H2,1-5H3. The first-order chi connectivity index (χ1) is 17.2. The molecule has 1 heterocycles. The number of carbonyl (C=O) groups excluding carboxylic acids is 3. The van der Waals surface area contributed by atoms with Crippen molar-refractivity contribution in [3.63, 3.8) is 0 Å². The maximum atomic E-state index is 13.5. The minimum Gasteiger partial charge on any atom is -0.507 e. The molecule has 0 spiro atoms. The molecule has 198 valence electrons. The molecule has 2 aromatic carbocycles. The molecule has 0 radical (unpaired) electrons. The monoisotopic (exact) mass is 572 g/mol. The molecule has 3 rings (SSSR count). The molecule has 10 nitrogen and oxygen atoms in total. The number of esters is 3. The summed E-state index contributed by atoms with van der Waals surface area (Å²) in [4.78, 5) is 50.0. The first-order valence-electron chi connectivity index (χ1n) is 10.6. The molecular formula is C24H22Cl2O10S. The number of methoxy groups -OCH3 is 1. The van der Waals surface area contributed by atoms with Crippen molar-refractivity contribution in [2.75, 3.05) is 19.7 Å². The van der Waals surface area contributed by atoms with Crippen LogP contribution < -0.4 is 5.43 Å². The van der Waals surface area contributed by atoms with Gasteiger partial charge in [-0.25, -0.2) is 4.79 Å². The lowest BCUT2D eigenvalue weighted by molar-refractivity contribution is -0.171. The van der Waals surface area contributed by atoms with Crippen LogP contribution in [0.15, 0.2) is 20.2 Å². The van der Waals surface area contributed by atoms with E-state index >= 15 is 0 Å². The lowest BCUT2D eigenvalue weighted by Crippen LogP contribution is -2.25. The van der Waals surface area contributed by atoms with Gasteiger partial charge in [-0.15, -0.1) is 11.8 Å². The molecule has 0 fully saturated rings. The van der Waals surface area contributed by atoms with Crippen LogP contribution in [0.1, 0.15) is 36.7 Å². The van der Waals surface area contributed by atoms with E-state index in [1.807, 2.05) is 0 Å². The van der Waals surface area contributed by atoms with Gasteiger partial charge in [-0.3, -0.25) is 14.4 Å². The fourth-order valence-corrected chi connectivity index (χ4v) is 4.57. The Labute approximate surface area is 224 Å². The van der Waals surface area contributed by atoms with Gasteiger partial charge in [0, 0.05) is 6.07 Å². The Bertz CT molecular complexity index is 1500. The Morgan fingerprint density at radius 3 is 2.32 bits per heavy atom. The van der Waals surface area contributed by atoms with Crippen LogP contribution in [0.25, 0.3) is 21.9 Å². The maximum absolute atomic E-state index is 13.5. The summed E-state index contributed by atoms with van der Waals surface area (Å²) < 4.78 is 20.3. The molecule has 2 N–H and O–H groups in total. The molecule has 0 bridgehead atoms. The van der Waals surface area contributed by atoms with Crippen LogP contribution >= 0.6 is 35.0 Å². The van der Waals surface area contributed by atoms with Crippen molar-refractivity contribution < 1.29 is 43.2 Å². The van der Waals surface area contributed by atoms with Crippen LogP contribution in [-0.2, 0) is 23.8 Å². The largest absolute Gasteiger partial charge is 0.507 e. The second-order valence-electron chi connectivity index (χ2n) is 8.81. The minimum absolute atomic E-state index is 0.0377. The highest BCUT2D eigenvalue weighted by atomic mass is 35.5. The van der Waals surface area contributed by atoms with E-state index in [1.165, 1.54) is 6.92 Å². The Morgan fingerprint density at radius 1 is 1.08 bits per heavy atom. The summed E-state index contributed by atoms with van der Waals surface area (Å²) in [6.07, 6.45) is 0. The van der Waals surface area contributed by atoms with Crippen molar-refractivity contribution in [3.05, 3.63) is 37.5 Å². The molecular weight excluding hydrogens is 551 g/mol. The Hall–Kier alpha value is -3.15. The number of fused-ring (bicyclic) bond motifs is 2. The summed E-state index contributed by atoms with van der Waals surface area (Å²) in [6.45, 7) is 5.78. The van der Waals surface area contributed by atoms with E-state index in [1.54, 1.807) is 20.8 Å². The van der Waals surface area contributed by atoms with Gasteiger partial charge in [0.15, 0.2) is 5.58 Å². The van der Waals surface area contributed by atoms with Gasteiger partial charge in [0.25, 0.3) is 0 Å². The number of halogens is 2. The van der Waals surface area contributed by atoms with E-state index in [9.17, 15) is 29.4 Å². The molecule has 0 saturated heterocycles. The van der Waals surface area contributed by atoms with Crippen LogP contribution in [0.4, 0.5) is 0 Å². The summed E-state index contributed by atoms with van der Waals surface area (Å²) in [6, 6.07) is 1.07. The van der Waals surface area contributed by atoms with Crippen LogP contribution in [-0.4, -0.2) is 47.8 Å². The van der Waals surface area contributed by atoms with E-state index in [0.717, 1.165) is 13.2 Å². The number of ether oxygens (including phenoxy) is 3. The highest BCUT2D eigenvalue weighted by molar-refractivity contribution is 8.00. The van der Waals surface area contributed by atoms with E-state index in [4.69, 9.17) is 41.8 Å². The average Bonchev–Trinajstić information content (AvgIpc) is 2.83. The minimum atomic E-state index is -1.02. The van der Waals surface area contributed by atoms with E-state index in [2.05, 4.69) is 0 Å². The van der Waals surface area contributed by atoms with Gasteiger partial charge in [0.1, 0.15) is 22.5 Å². The SMILES string of the molecule is COC(=O)c1c(SCC(=O)OCOC(=O)C(C)(C)C)c(O)cc2oc3c(Cl)c(C)c(Cl)c(O)c3c(=O)c12. The fourth-order valence-electron chi connectivity index (χ4n) is 3.23. The zero-order valence-corrected chi connectivity index (χ0v) is 22.6. The van der Waals surface area contributed by atoms with Gasteiger partial charge in [0.2, 0.25) is 12.2 Å². The molecule has 0 aliphatic rings. The van der Waals surface area contributed by atoms with Gasteiger partial charge < -0.3 is 28.8 Å². The Balaban J connectivity index is 2.07. The third-order valence-electron chi connectivity index (χ3n) is 5.17. The lowest BCUT2D eigenvalue weighted by Gasteiger charge is -2.16. The van der Waals surface area contributed by atoms with Crippen molar-refractivity contribution in [1.82, 2.24) is 0 Å². The zero-order valence-electron chi connectivity index (χ0n) is 20.3. The normalized spacial score (nSPS) is 11.5. The van der Waals surface area contributed by atoms with Crippen molar-refractivity contribution in [1.29, 1.82) is 0 Å². The first kappa shape index (κ1) is 28.4. The van der Waals surface area contributed by atoms with Crippen LogP contribution in [0.3, 0.4) is 0 Å². The summed E-state index contributed by atoms with van der Waals surface area (Å²) in [5.41, 5.74) is -2.22. The molecule has 1 aromatic heterocycles. The average molecular weight is 573 g/mol. The van der Waals surface area contributed by atoms with Gasteiger partial charge in [-0.2, -0.15) is 0 Å². The van der Waals surface area contributed by atoms with E-state index < -0.39 is 58.4 Å². The highest BCUT2D eigenvalue weighted by Crippen LogP contribution is 2.43. The number of hydrogen-bond donors (Lipinski definition) is 2. The van der Waals surface area contributed by atoms with Crippen molar-refractivity contribution >= 4 is 74.8 Å². The van der Waals surface area contributed by atoms with Crippen molar-refractivity contribution in [3.8, 4) is 11.5 Å². The second kappa shape index (κ2) is 10.7. The zero-order chi connectivity index (χ0) is 27.8. The summed E-state index contributed by atoms with van der Waals surface area (Å²) in [5, 5.41) is 20.3. The summed E-state index contributed by atoms with van der Waals surface area (Å²) in [7, 11) is 1.06. The number of carbonyl (C=O) groups is 3. The molecule has 0 unspecified atom stereocenters. The van der Waals surface area contributed by atoms with Gasteiger partial charge in [-0.05, 0) is 33.3 Å². The first-order valence-corrected chi connectivity index (χ1v) is 12.3. The fraction of sp³-hybridized carbons (Fsp3) is 0.333. The molecule has 0 amide bonds. The predicted molar refractivity (Wildman–Crippen MR) is 137 cm³/mol. The van der Waals surface area contributed by atoms with E-state index in [-0.39, 0.29) is 42.4 Å². The molecule has 0 atom stereocenters. The third kappa shape index (κ3) is 5.43. The number of phenols is 2.